The zero-order chi connectivity index (χ0) is 55.7. The number of nitrogens with one attached hydrogen (secondary N) is 7. The van der Waals surface area contributed by atoms with Gasteiger partial charge in [0.1, 0.15) is 42.3 Å². The lowest BCUT2D eigenvalue weighted by Crippen LogP contribution is -2.62. The van der Waals surface area contributed by atoms with Crippen LogP contribution in [-0.4, -0.2) is 163 Å². The van der Waals surface area contributed by atoms with Gasteiger partial charge in [-0.25, -0.2) is 5.01 Å². The van der Waals surface area contributed by atoms with Crippen molar-refractivity contribution in [3.63, 3.8) is 0 Å². The molecule has 11 N–H and O–H groups in total. The van der Waals surface area contributed by atoms with Crippen LogP contribution < -0.4 is 37.3 Å². The van der Waals surface area contributed by atoms with Gasteiger partial charge in [0, 0.05) is 32.0 Å². The molecule has 9 amide bonds. The molecule has 0 aromatic heterocycles. The van der Waals surface area contributed by atoms with Crippen molar-refractivity contribution in [2.24, 2.45) is 11.8 Å². The number of benzene rings is 1. The highest BCUT2D eigenvalue weighted by Gasteiger charge is 2.42. The van der Waals surface area contributed by atoms with E-state index in [4.69, 9.17) is 0 Å². The third-order valence-corrected chi connectivity index (χ3v) is 11.1. The first-order chi connectivity index (χ1) is 33.9. The van der Waals surface area contributed by atoms with Crippen molar-refractivity contribution in [1.82, 2.24) is 47.2 Å². The van der Waals surface area contributed by atoms with Crippen molar-refractivity contribution in [3.05, 3.63) is 35.4 Å². The average Bonchev–Trinajstić information content (AvgIpc) is 3.78. The van der Waals surface area contributed by atoms with Crippen LogP contribution >= 0.6 is 0 Å². The Kier molecular flexibility index (Phi) is 23.7. The van der Waals surface area contributed by atoms with Crippen LogP contribution in [0.4, 0.5) is 13.2 Å². The fraction of sp³-hybridized carbons (Fsp3) is 0.600. The number of hydrazine groups is 1. The molecule has 0 aliphatic carbocycles. The number of aliphatic carboxylic acids is 3. The third kappa shape index (κ3) is 19.3. The predicted octanol–water partition coefficient (Wildman–Crippen LogP) is -0.985. The summed E-state index contributed by atoms with van der Waals surface area (Å²) in [5.41, 5.74) is 1.33. The van der Waals surface area contributed by atoms with Gasteiger partial charge in [-0.1, -0.05) is 34.6 Å². The van der Waals surface area contributed by atoms with E-state index in [0.29, 0.717) is 12.8 Å². The van der Waals surface area contributed by atoms with E-state index in [2.05, 4.69) is 37.3 Å². The van der Waals surface area contributed by atoms with E-state index >= 15 is 0 Å². The van der Waals surface area contributed by atoms with Crippen LogP contribution in [0.1, 0.15) is 109 Å². The molecule has 73 heavy (non-hydrogen) atoms. The van der Waals surface area contributed by atoms with Crippen molar-refractivity contribution in [1.29, 1.82) is 0 Å². The van der Waals surface area contributed by atoms with Gasteiger partial charge >= 0.3 is 24.1 Å². The van der Waals surface area contributed by atoms with Gasteiger partial charge in [-0.2, -0.15) is 13.2 Å². The van der Waals surface area contributed by atoms with Gasteiger partial charge in [-0.3, -0.25) is 63.0 Å². The first-order valence-corrected chi connectivity index (χ1v) is 23.1. The van der Waals surface area contributed by atoms with Crippen molar-refractivity contribution in [2.75, 3.05) is 13.1 Å². The fourth-order valence-corrected chi connectivity index (χ4v) is 7.37. The smallest absolute Gasteiger partial charge is 0.416 e. The lowest BCUT2D eigenvalue weighted by Gasteiger charge is -2.33. The quantitative estimate of drug-likeness (QED) is 0.0497. The lowest BCUT2D eigenvalue weighted by molar-refractivity contribution is -0.144. The second kappa shape index (κ2) is 28.0. The predicted molar refractivity (Wildman–Crippen MR) is 246 cm³/mol. The summed E-state index contributed by atoms with van der Waals surface area (Å²) >= 11 is 0. The molecule has 406 valence electrons. The monoisotopic (exact) mass is 1040 g/mol. The van der Waals surface area contributed by atoms with Crippen molar-refractivity contribution in [2.45, 2.75) is 148 Å². The molecule has 0 bridgehead atoms. The normalized spacial score (nSPS) is 16.3. The fourth-order valence-electron chi connectivity index (χ4n) is 7.37. The van der Waals surface area contributed by atoms with Crippen LogP contribution in [0.5, 0.6) is 0 Å². The summed E-state index contributed by atoms with van der Waals surface area (Å²) in [5, 5.41) is 52.8. The van der Waals surface area contributed by atoms with Crippen LogP contribution in [0.2, 0.25) is 0 Å². The largest absolute Gasteiger partial charge is 0.481 e. The molecule has 1 heterocycles. The van der Waals surface area contributed by atoms with Gasteiger partial charge in [0.2, 0.25) is 41.4 Å². The number of alkyl halides is 3. The second-order valence-corrected chi connectivity index (χ2v) is 17.9. The molecule has 1 fully saturated rings. The van der Waals surface area contributed by atoms with E-state index in [9.17, 15) is 91.1 Å². The average molecular weight is 1040 g/mol. The summed E-state index contributed by atoms with van der Waals surface area (Å²) in [5.74, 6) is -15.4. The number of aliphatic hydroxyl groups is 1. The van der Waals surface area contributed by atoms with Gasteiger partial charge < -0.3 is 57.2 Å². The zero-order valence-electron chi connectivity index (χ0n) is 41.2. The number of likely N-dealkylation sites (tertiary alicyclic amines) is 1. The Hall–Kier alpha value is -7.39. The Bertz CT molecular complexity index is 2190. The van der Waals surface area contributed by atoms with Crippen molar-refractivity contribution < 1.29 is 91.1 Å². The van der Waals surface area contributed by atoms with E-state index in [1.807, 2.05) is 0 Å². The van der Waals surface area contributed by atoms with Crippen LogP contribution in [0.25, 0.3) is 0 Å². The summed E-state index contributed by atoms with van der Waals surface area (Å²) < 4.78 is 39.4. The number of hydrogen-bond acceptors (Lipinski definition) is 13. The minimum absolute atomic E-state index is 0.0334. The maximum atomic E-state index is 14.2. The maximum absolute atomic E-state index is 14.2. The molecule has 0 unspecified atom stereocenters. The number of carbonyl (C=O) groups excluding carboxylic acids is 9. The van der Waals surface area contributed by atoms with Gasteiger partial charge in [-0.05, 0) is 68.7 Å². The minimum Gasteiger partial charge on any atom is -0.481 e. The number of hydrogen-bond donors (Lipinski definition) is 11. The van der Waals surface area contributed by atoms with Crippen LogP contribution in [-0.2, 0) is 58.9 Å². The van der Waals surface area contributed by atoms with Crippen molar-refractivity contribution in [3.8, 4) is 0 Å². The maximum Gasteiger partial charge on any atom is 0.416 e. The second-order valence-electron chi connectivity index (χ2n) is 17.9. The van der Waals surface area contributed by atoms with E-state index in [1.54, 1.807) is 20.8 Å². The summed E-state index contributed by atoms with van der Waals surface area (Å²) in [6, 6.07) is -8.29. The zero-order valence-corrected chi connectivity index (χ0v) is 41.2. The Labute approximate surface area is 417 Å². The molecule has 1 saturated heterocycles. The Morgan fingerprint density at radius 2 is 1.15 bits per heavy atom. The number of carbonyl (C=O) groups is 12. The summed E-state index contributed by atoms with van der Waals surface area (Å²) in [7, 11) is 0. The van der Waals surface area contributed by atoms with Crippen LogP contribution in [0, 0.1) is 11.8 Å². The Morgan fingerprint density at radius 3 is 1.62 bits per heavy atom. The highest BCUT2D eigenvalue weighted by atomic mass is 19.4. The number of carboxylic acids is 3. The standard InChI is InChI=1S/C45H64F3N9O16/c1-8-17-57(43(72)25-11-13-26(14-12-25)45(46,47)48)55-40(69)30-10-9-18-56(30)44(73)35(22(4)5)53-41(70)34(21(2)3)52-39(68)29(20-33(64)65)51-37(66)27(15-16-31(60)61)50-42(71)36(23(6)58)54-38(67)28(19-32(62)63)49-24(7)59/h11-14,21-23,27-30,34-36,58H,8-10,15-20H2,1-7H3,(H,49,59)(H,50,71)(H,51,66)(H,52,68)(H,53,70)(H,54,67)(H,55,69)(H,60,61)(H,62,63)(H,64,65)/t23-,27+,28+,29+,30-,34+,35+,36+/m1/s1. The molecule has 1 aliphatic heterocycles. The number of carboxylic acid groups (broad SMARTS) is 3. The molecule has 2 rings (SSSR count). The molecule has 0 saturated carbocycles. The van der Waals surface area contributed by atoms with E-state index in [-0.39, 0.29) is 25.1 Å². The lowest BCUT2D eigenvalue weighted by atomic mass is 9.98. The third-order valence-electron chi connectivity index (χ3n) is 11.1. The SMILES string of the molecule is CCCN(NC(=O)[C@H]1CCCN1C(=O)[C@@H](NC(=O)[C@@H](NC(=O)[C@H](CC(=O)O)NC(=O)[C@H](CCC(=O)O)NC(=O)[C@@H](NC(=O)[C@H](CC(=O)O)NC(C)=O)[C@@H](C)O)C(C)C)C(C)C)C(=O)c1ccc(C(F)(F)F)cc1. The molecule has 28 heteroatoms. The highest BCUT2D eigenvalue weighted by Crippen LogP contribution is 2.29. The minimum atomic E-state index is -4.66. The summed E-state index contributed by atoms with van der Waals surface area (Å²) in [4.78, 5) is 157. The first-order valence-electron chi connectivity index (χ1n) is 23.1. The molecular weight excluding hydrogens is 980 g/mol. The number of amides is 9. The molecule has 1 aliphatic rings. The van der Waals surface area contributed by atoms with E-state index in [0.717, 1.165) is 43.1 Å². The Balaban J connectivity index is 2.32. The number of aliphatic hydroxyl groups excluding tert-OH is 1. The molecule has 1 aromatic carbocycles. The van der Waals surface area contributed by atoms with Crippen LogP contribution in [0.3, 0.4) is 0 Å². The Morgan fingerprint density at radius 1 is 0.671 bits per heavy atom. The van der Waals surface area contributed by atoms with Gasteiger partial charge in [0.25, 0.3) is 11.8 Å². The molecule has 1 aromatic rings. The van der Waals surface area contributed by atoms with Gasteiger partial charge in [0.15, 0.2) is 0 Å². The van der Waals surface area contributed by atoms with Crippen LogP contribution in [0.15, 0.2) is 24.3 Å². The van der Waals surface area contributed by atoms with Gasteiger partial charge in [-0.15, -0.1) is 0 Å². The van der Waals surface area contributed by atoms with E-state index in [1.165, 1.54) is 18.7 Å². The molecule has 0 radical (unpaired) electrons. The molecule has 25 nitrogen and oxygen atoms in total. The molecular formula is C45H64F3N9O16. The van der Waals surface area contributed by atoms with E-state index < -0.39 is 169 Å². The van der Waals surface area contributed by atoms with Gasteiger partial charge in [0.05, 0.1) is 24.5 Å². The summed E-state index contributed by atoms with van der Waals surface area (Å²) in [6.45, 7) is 9.75. The number of rotatable bonds is 26. The molecule has 0 spiro atoms. The summed E-state index contributed by atoms with van der Waals surface area (Å²) in [6.07, 6.45) is -9.25. The first kappa shape index (κ1) is 61.7. The highest BCUT2D eigenvalue weighted by molar-refractivity contribution is 6.00. The number of halogens is 3. The van der Waals surface area contributed by atoms with Crippen molar-refractivity contribution >= 4 is 71.1 Å². The topological polar surface area (TPSA) is 376 Å². The molecule has 8 atom stereocenters. The number of nitrogens with zero attached hydrogens (tertiary/aromatic N) is 2.